The van der Waals surface area contributed by atoms with E-state index >= 15 is 0 Å². The van der Waals surface area contributed by atoms with Crippen molar-refractivity contribution in [2.24, 2.45) is 5.16 Å². The molecule has 0 saturated heterocycles. The number of hydrogen-bond donors (Lipinski definition) is 0. The molecule has 3 rings (SSSR count). The molecule has 0 atom stereocenters. The lowest BCUT2D eigenvalue weighted by Gasteiger charge is -2.30. The third kappa shape index (κ3) is 12.9. The summed E-state index contributed by atoms with van der Waals surface area (Å²) in [4.78, 5) is 31.4. The van der Waals surface area contributed by atoms with E-state index in [1.165, 1.54) is 49.8 Å². The number of imide groups is 1. The fourth-order valence-corrected chi connectivity index (χ4v) is 5.09. The van der Waals surface area contributed by atoms with Crippen molar-refractivity contribution in [3.63, 3.8) is 0 Å². The summed E-state index contributed by atoms with van der Waals surface area (Å²) in [5, 5.41) is 3.81. The summed E-state index contributed by atoms with van der Waals surface area (Å²) in [5.74, 6) is 6.68. The Hall–Kier alpha value is -1.93. The van der Waals surface area contributed by atoms with Gasteiger partial charge in [0.05, 0.1) is 65.4 Å². The van der Waals surface area contributed by atoms with Crippen LogP contribution in [0.5, 0.6) is 0 Å². The van der Waals surface area contributed by atoms with Crippen molar-refractivity contribution >= 4 is 17.7 Å². The van der Waals surface area contributed by atoms with Gasteiger partial charge in [0.25, 0.3) is 11.8 Å². The van der Waals surface area contributed by atoms with Crippen LogP contribution in [0.2, 0.25) is 0 Å². The lowest BCUT2D eigenvalue weighted by atomic mass is 10.1. The normalized spacial score (nSPS) is 14.3. The predicted octanol–water partition coefficient (Wildman–Crippen LogP) is -1.68. The second kappa shape index (κ2) is 18.6. The Balaban J connectivity index is 0.00000420. The number of unbranched alkanes of at least 4 members (excludes halogenated alkanes) is 6. The summed E-state index contributed by atoms with van der Waals surface area (Å²) in [5.41, 5.74) is 1.08. The molecule has 1 aromatic rings. The summed E-state index contributed by atoms with van der Waals surface area (Å²) in [6.45, 7) is 5.55. The van der Waals surface area contributed by atoms with Crippen molar-refractivity contribution in [2.45, 2.75) is 57.8 Å². The highest BCUT2D eigenvalue weighted by molar-refractivity contribution is 6.21. The maximum absolute atomic E-state index is 12.5. The van der Waals surface area contributed by atoms with Crippen molar-refractivity contribution in [1.82, 2.24) is 4.90 Å². The molecule has 0 N–H and O–H groups in total. The van der Waals surface area contributed by atoms with Gasteiger partial charge in [0.15, 0.2) is 6.61 Å². The van der Waals surface area contributed by atoms with Crippen molar-refractivity contribution in [3.05, 3.63) is 35.4 Å². The first kappa shape index (κ1) is 37.1. The molecular formula is C31H48Br2N4O4. The molecule has 1 aromatic carbocycles. The largest absolute Gasteiger partial charge is 1.00 e. The van der Waals surface area contributed by atoms with Gasteiger partial charge in [0, 0.05) is 13.0 Å². The summed E-state index contributed by atoms with van der Waals surface area (Å²) < 4.78 is 7.30. The quantitative estimate of drug-likeness (QED) is 0.0896. The first-order chi connectivity index (χ1) is 18.7. The molecule has 230 valence electrons. The van der Waals surface area contributed by atoms with E-state index < -0.39 is 0 Å². The van der Waals surface area contributed by atoms with Gasteiger partial charge in [-0.2, -0.15) is 0 Å². The lowest BCUT2D eigenvalue weighted by molar-refractivity contribution is -0.890. The Morgan fingerprint density at radius 2 is 1.34 bits per heavy atom. The molecule has 8 nitrogen and oxygen atoms in total. The minimum absolute atomic E-state index is 0. The molecule has 0 unspecified atom stereocenters. The first-order valence-electron chi connectivity index (χ1n) is 14.6. The molecule has 0 aromatic heterocycles. The van der Waals surface area contributed by atoms with Crippen molar-refractivity contribution < 1.29 is 62.1 Å². The number of hydrogen-bond acceptors (Lipinski definition) is 5. The van der Waals surface area contributed by atoms with E-state index in [4.69, 9.17) is 9.57 Å². The molecule has 0 spiro atoms. The van der Waals surface area contributed by atoms with Crippen LogP contribution in [0.15, 0.2) is 29.4 Å². The van der Waals surface area contributed by atoms with Gasteiger partial charge in [-0.3, -0.25) is 14.5 Å². The summed E-state index contributed by atoms with van der Waals surface area (Å²) >= 11 is 0. The van der Waals surface area contributed by atoms with Gasteiger partial charge in [-0.25, -0.2) is 0 Å². The zero-order valence-electron chi connectivity index (χ0n) is 25.3. The number of oxime groups is 1. The number of benzene rings is 1. The Labute approximate surface area is 268 Å². The summed E-state index contributed by atoms with van der Waals surface area (Å²) in [7, 11) is 8.98. The third-order valence-electron chi connectivity index (χ3n) is 7.57. The zero-order chi connectivity index (χ0) is 28.1. The maximum atomic E-state index is 12.5. The van der Waals surface area contributed by atoms with Gasteiger partial charge in [0.1, 0.15) is 13.2 Å². The zero-order valence-corrected chi connectivity index (χ0v) is 28.5. The van der Waals surface area contributed by atoms with Gasteiger partial charge in [0.2, 0.25) is 5.90 Å². The van der Waals surface area contributed by atoms with E-state index in [1.54, 1.807) is 12.1 Å². The fraction of sp³-hybridized carbons (Fsp3) is 0.645. The van der Waals surface area contributed by atoms with Crippen LogP contribution in [0.3, 0.4) is 0 Å². The van der Waals surface area contributed by atoms with Crippen LogP contribution >= 0.6 is 0 Å². The van der Waals surface area contributed by atoms with Crippen LogP contribution in [0.4, 0.5) is 0 Å². The van der Waals surface area contributed by atoms with Crippen molar-refractivity contribution in [3.8, 4) is 11.8 Å². The van der Waals surface area contributed by atoms with Gasteiger partial charge in [-0.1, -0.05) is 42.5 Å². The Bertz CT molecular complexity index is 1030. The molecule has 0 fully saturated rings. The van der Waals surface area contributed by atoms with Crippen LogP contribution in [0.25, 0.3) is 0 Å². The highest BCUT2D eigenvalue weighted by Gasteiger charge is 2.34. The highest BCUT2D eigenvalue weighted by atomic mass is 79.9. The molecule has 2 aliphatic heterocycles. The van der Waals surface area contributed by atoms with Crippen LogP contribution < -0.4 is 34.0 Å². The number of fused-ring (bicyclic) bond motifs is 1. The molecule has 0 radical (unpaired) electrons. The summed E-state index contributed by atoms with van der Waals surface area (Å²) in [6, 6.07) is 7.12. The Morgan fingerprint density at radius 3 is 1.90 bits per heavy atom. The van der Waals surface area contributed by atoms with Gasteiger partial charge in [-0.15, -0.1) is 0 Å². The number of carbonyl (C=O) groups excluding carboxylic acids is 2. The minimum Gasteiger partial charge on any atom is -1.00 e. The number of nitrogens with zero attached hydrogens (tertiary/aromatic N) is 4. The SMILES string of the molecule is C[N+](C)(CC#CCOC1=NOCC1)CCCCCCCCC[N+](C)(C)CCCN1C(=O)c2ccccc2C1=O.[Br-].[Br-]. The lowest BCUT2D eigenvalue weighted by Crippen LogP contribution is -3.00. The minimum atomic E-state index is -0.149. The van der Waals surface area contributed by atoms with E-state index in [9.17, 15) is 9.59 Å². The van der Waals surface area contributed by atoms with Gasteiger partial charge in [-0.05, 0) is 43.7 Å². The van der Waals surface area contributed by atoms with Crippen LogP contribution in [0.1, 0.15) is 78.5 Å². The van der Waals surface area contributed by atoms with E-state index in [0.29, 0.717) is 36.8 Å². The van der Waals surface area contributed by atoms with Crippen LogP contribution in [-0.4, -0.2) is 106 Å². The molecular weight excluding hydrogens is 652 g/mol. The second-order valence-electron chi connectivity index (χ2n) is 12.0. The van der Waals surface area contributed by atoms with Crippen LogP contribution in [-0.2, 0) is 9.57 Å². The highest BCUT2D eigenvalue weighted by Crippen LogP contribution is 2.22. The summed E-state index contributed by atoms with van der Waals surface area (Å²) in [6.07, 6.45) is 10.4. The molecule has 10 heteroatoms. The topological polar surface area (TPSA) is 68.2 Å². The number of rotatable bonds is 16. The fourth-order valence-electron chi connectivity index (χ4n) is 5.09. The molecule has 0 saturated carbocycles. The number of carbonyl (C=O) groups is 2. The number of quaternary nitrogens is 2. The molecule has 2 amide bonds. The monoisotopic (exact) mass is 698 g/mol. The first-order valence-corrected chi connectivity index (χ1v) is 14.6. The van der Waals surface area contributed by atoms with E-state index in [0.717, 1.165) is 48.0 Å². The average molecular weight is 701 g/mol. The van der Waals surface area contributed by atoms with E-state index in [-0.39, 0.29) is 45.8 Å². The van der Waals surface area contributed by atoms with E-state index in [1.807, 2.05) is 12.1 Å². The standard InChI is InChI=1S/C31H48N4O4.2BrH/c1-34(2,23-14-15-25-38-29-19-26-39-32-29)21-12-8-6-5-7-9-13-22-35(3,4)24-16-20-33-30(36)27-17-10-11-18-28(27)31(33)37;;/h10-11,17-18H,5-9,12-13,16,19-26H2,1-4H3;2*1H/q+2;;/p-2. The Kier molecular flexibility index (Phi) is 16.8. The molecule has 0 bridgehead atoms. The van der Waals surface area contributed by atoms with Crippen LogP contribution in [0, 0.1) is 11.8 Å². The molecule has 41 heavy (non-hydrogen) atoms. The van der Waals surface area contributed by atoms with Gasteiger partial charge >= 0.3 is 0 Å². The van der Waals surface area contributed by atoms with Crippen molar-refractivity contribution in [1.29, 1.82) is 0 Å². The third-order valence-corrected chi connectivity index (χ3v) is 7.57. The Morgan fingerprint density at radius 1 is 0.805 bits per heavy atom. The molecule has 2 aliphatic rings. The average Bonchev–Trinajstić information content (AvgIpc) is 3.50. The maximum Gasteiger partial charge on any atom is 0.261 e. The smallest absolute Gasteiger partial charge is 0.261 e. The second-order valence-corrected chi connectivity index (χ2v) is 12.0. The predicted molar refractivity (Wildman–Crippen MR) is 154 cm³/mol. The molecule has 2 heterocycles. The van der Waals surface area contributed by atoms with E-state index in [2.05, 4.69) is 45.2 Å². The number of ether oxygens (including phenoxy) is 1. The molecule has 0 aliphatic carbocycles. The van der Waals surface area contributed by atoms with Crippen molar-refractivity contribution in [2.75, 3.05) is 74.1 Å². The number of amides is 2. The van der Waals surface area contributed by atoms with Gasteiger partial charge < -0.3 is 52.5 Å². The number of halogens is 2.